The first kappa shape index (κ1) is 14.5. The number of hydrogen-bond acceptors (Lipinski definition) is 3. The third-order valence-corrected chi connectivity index (χ3v) is 3.93. The fourth-order valence-electron chi connectivity index (χ4n) is 2.42. The molecule has 1 heterocycles. The molecule has 0 spiro atoms. The van der Waals surface area contributed by atoms with Gasteiger partial charge in [-0.25, -0.2) is 0 Å². The van der Waals surface area contributed by atoms with Crippen LogP contribution in [-0.4, -0.2) is 46.7 Å². The molecule has 0 aliphatic carbocycles. The second-order valence-electron chi connectivity index (χ2n) is 5.47. The van der Waals surface area contributed by atoms with E-state index >= 15 is 0 Å². The molecule has 4 nitrogen and oxygen atoms in total. The zero-order valence-electron chi connectivity index (χ0n) is 11.5. The van der Waals surface area contributed by atoms with E-state index in [-0.39, 0.29) is 6.04 Å². The summed E-state index contributed by atoms with van der Waals surface area (Å²) in [4.78, 5) is 13.9. The third-order valence-electron chi connectivity index (χ3n) is 3.93. The van der Waals surface area contributed by atoms with Crippen molar-refractivity contribution in [2.45, 2.75) is 64.6 Å². The van der Waals surface area contributed by atoms with Crippen molar-refractivity contribution in [3.05, 3.63) is 0 Å². The van der Waals surface area contributed by atoms with Crippen LogP contribution in [-0.2, 0) is 4.79 Å². The zero-order chi connectivity index (χ0) is 13.1. The van der Waals surface area contributed by atoms with Gasteiger partial charge in [-0.1, -0.05) is 6.92 Å². The normalized spacial score (nSPS) is 22.6. The molecule has 1 unspecified atom stereocenters. The lowest BCUT2D eigenvalue weighted by atomic mass is 9.86. The maximum Gasteiger partial charge on any atom is 0.324 e. The van der Waals surface area contributed by atoms with Crippen molar-refractivity contribution in [3.63, 3.8) is 0 Å². The van der Waals surface area contributed by atoms with Crippen molar-refractivity contribution in [1.82, 2.24) is 10.2 Å². The van der Waals surface area contributed by atoms with Crippen LogP contribution in [0.3, 0.4) is 0 Å². The van der Waals surface area contributed by atoms with Crippen molar-refractivity contribution in [2.75, 3.05) is 13.1 Å². The van der Waals surface area contributed by atoms with Crippen LogP contribution >= 0.6 is 0 Å². The standard InChI is InChI=1S/C13H26N2O2/c1-5-11(4)14-13(12(16)17)6-8-15(9-7-13)10(2)3/h10-11,14H,5-9H2,1-4H3,(H,16,17). The Bertz CT molecular complexity index is 258. The molecular weight excluding hydrogens is 216 g/mol. The van der Waals surface area contributed by atoms with Crippen molar-refractivity contribution in [3.8, 4) is 0 Å². The number of likely N-dealkylation sites (tertiary alicyclic amines) is 1. The largest absolute Gasteiger partial charge is 0.480 e. The summed E-state index contributed by atoms with van der Waals surface area (Å²) in [6.45, 7) is 10.2. The van der Waals surface area contributed by atoms with Crippen LogP contribution in [0.2, 0.25) is 0 Å². The lowest BCUT2D eigenvalue weighted by Gasteiger charge is -2.42. The Morgan fingerprint density at radius 2 is 1.88 bits per heavy atom. The summed E-state index contributed by atoms with van der Waals surface area (Å²) in [6, 6.07) is 0.766. The molecule has 17 heavy (non-hydrogen) atoms. The minimum atomic E-state index is -0.708. The molecule has 2 N–H and O–H groups in total. The summed E-state index contributed by atoms with van der Waals surface area (Å²) in [6.07, 6.45) is 2.36. The molecular formula is C13H26N2O2. The van der Waals surface area contributed by atoms with Crippen molar-refractivity contribution >= 4 is 5.97 Å². The van der Waals surface area contributed by atoms with Crippen LogP contribution in [0.4, 0.5) is 0 Å². The van der Waals surface area contributed by atoms with Crippen molar-refractivity contribution in [2.24, 2.45) is 0 Å². The molecule has 100 valence electrons. The lowest BCUT2D eigenvalue weighted by Crippen LogP contribution is -2.61. The van der Waals surface area contributed by atoms with Gasteiger partial charge in [-0.15, -0.1) is 0 Å². The first-order valence-electron chi connectivity index (χ1n) is 6.66. The van der Waals surface area contributed by atoms with Gasteiger partial charge in [-0.3, -0.25) is 10.1 Å². The van der Waals surface area contributed by atoms with Gasteiger partial charge in [0.15, 0.2) is 0 Å². The molecule has 1 saturated heterocycles. The van der Waals surface area contributed by atoms with Crippen LogP contribution in [0.15, 0.2) is 0 Å². The predicted molar refractivity (Wildman–Crippen MR) is 69.2 cm³/mol. The van der Waals surface area contributed by atoms with E-state index in [0.29, 0.717) is 18.9 Å². The van der Waals surface area contributed by atoms with Crippen molar-refractivity contribution < 1.29 is 9.90 Å². The molecule has 0 radical (unpaired) electrons. The van der Waals surface area contributed by atoms with Crippen LogP contribution in [0.5, 0.6) is 0 Å². The van der Waals surface area contributed by atoms with E-state index in [2.05, 4.69) is 37.9 Å². The maximum atomic E-state index is 11.5. The second kappa shape index (κ2) is 5.83. The quantitative estimate of drug-likeness (QED) is 0.770. The Labute approximate surface area is 104 Å². The SMILES string of the molecule is CCC(C)NC1(C(=O)O)CCN(C(C)C)CC1. The molecule has 1 rings (SSSR count). The summed E-state index contributed by atoms with van der Waals surface area (Å²) < 4.78 is 0. The molecule has 1 aliphatic rings. The maximum absolute atomic E-state index is 11.5. The Balaban J connectivity index is 2.67. The Hall–Kier alpha value is -0.610. The number of rotatable bonds is 5. The fraction of sp³-hybridized carbons (Fsp3) is 0.923. The van der Waals surface area contributed by atoms with E-state index in [1.165, 1.54) is 0 Å². The highest BCUT2D eigenvalue weighted by atomic mass is 16.4. The molecule has 0 saturated carbocycles. The van der Waals surface area contributed by atoms with Gasteiger partial charge in [0.1, 0.15) is 5.54 Å². The number of nitrogens with one attached hydrogen (secondary N) is 1. The van der Waals surface area contributed by atoms with E-state index in [0.717, 1.165) is 19.5 Å². The van der Waals surface area contributed by atoms with Crippen LogP contribution < -0.4 is 5.32 Å². The van der Waals surface area contributed by atoms with Gasteiger partial charge in [-0.05, 0) is 40.0 Å². The Morgan fingerprint density at radius 1 is 1.35 bits per heavy atom. The molecule has 0 aromatic heterocycles. The second-order valence-corrected chi connectivity index (χ2v) is 5.47. The summed E-state index contributed by atoms with van der Waals surface area (Å²) in [5.74, 6) is -0.693. The molecule has 0 aromatic rings. The minimum absolute atomic E-state index is 0.261. The number of carboxylic acid groups (broad SMARTS) is 1. The molecule has 1 atom stereocenters. The zero-order valence-corrected chi connectivity index (χ0v) is 11.5. The van der Waals surface area contributed by atoms with E-state index in [1.807, 2.05) is 0 Å². The fourth-order valence-corrected chi connectivity index (χ4v) is 2.42. The van der Waals surface area contributed by atoms with Gasteiger partial charge in [0.25, 0.3) is 0 Å². The van der Waals surface area contributed by atoms with Gasteiger partial charge in [0, 0.05) is 25.2 Å². The smallest absolute Gasteiger partial charge is 0.324 e. The van der Waals surface area contributed by atoms with Gasteiger partial charge >= 0.3 is 5.97 Å². The highest BCUT2D eigenvalue weighted by Gasteiger charge is 2.42. The third kappa shape index (κ3) is 3.42. The predicted octanol–water partition coefficient (Wildman–Crippen LogP) is 1.70. The summed E-state index contributed by atoms with van der Waals surface area (Å²) in [5, 5.41) is 12.8. The number of carbonyl (C=O) groups is 1. The molecule has 1 aliphatic heterocycles. The topological polar surface area (TPSA) is 52.6 Å². The summed E-state index contributed by atoms with van der Waals surface area (Å²) >= 11 is 0. The first-order chi connectivity index (χ1) is 7.91. The number of hydrogen-bond donors (Lipinski definition) is 2. The molecule has 0 amide bonds. The highest BCUT2D eigenvalue weighted by Crippen LogP contribution is 2.25. The van der Waals surface area contributed by atoms with Gasteiger partial charge in [-0.2, -0.15) is 0 Å². The van der Waals surface area contributed by atoms with Crippen LogP contribution in [0, 0.1) is 0 Å². The van der Waals surface area contributed by atoms with Crippen molar-refractivity contribution in [1.29, 1.82) is 0 Å². The molecule has 1 fully saturated rings. The van der Waals surface area contributed by atoms with E-state index < -0.39 is 11.5 Å². The molecule has 0 aromatic carbocycles. The summed E-state index contributed by atoms with van der Waals surface area (Å²) in [7, 11) is 0. The van der Waals surface area contributed by atoms with Crippen LogP contribution in [0.25, 0.3) is 0 Å². The number of piperidine rings is 1. The number of carboxylic acids is 1. The summed E-state index contributed by atoms with van der Waals surface area (Å²) in [5.41, 5.74) is -0.708. The van der Waals surface area contributed by atoms with Gasteiger partial charge in [0.2, 0.25) is 0 Å². The lowest BCUT2D eigenvalue weighted by molar-refractivity contribution is -0.147. The van der Waals surface area contributed by atoms with Crippen LogP contribution in [0.1, 0.15) is 47.0 Å². The van der Waals surface area contributed by atoms with E-state index in [1.54, 1.807) is 0 Å². The first-order valence-corrected chi connectivity index (χ1v) is 6.66. The molecule has 0 bridgehead atoms. The molecule has 4 heteroatoms. The van der Waals surface area contributed by atoms with Gasteiger partial charge in [0.05, 0.1) is 0 Å². The minimum Gasteiger partial charge on any atom is -0.480 e. The average Bonchev–Trinajstić information content (AvgIpc) is 2.29. The number of aliphatic carboxylic acids is 1. The Kier molecular flexibility index (Phi) is 4.95. The van der Waals surface area contributed by atoms with E-state index in [4.69, 9.17) is 0 Å². The van der Waals surface area contributed by atoms with E-state index in [9.17, 15) is 9.90 Å². The highest BCUT2D eigenvalue weighted by molar-refractivity contribution is 5.79. The Morgan fingerprint density at radius 3 is 2.24 bits per heavy atom. The monoisotopic (exact) mass is 242 g/mol. The number of nitrogens with zero attached hydrogens (tertiary/aromatic N) is 1. The van der Waals surface area contributed by atoms with Gasteiger partial charge < -0.3 is 10.0 Å². The average molecular weight is 242 g/mol.